The van der Waals surface area contributed by atoms with Gasteiger partial charge in [-0.15, -0.1) is 0 Å². The van der Waals surface area contributed by atoms with Crippen molar-refractivity contribution in [3.8, 4) is 5.75 Å². The van der Waals surface area contributed by atoms with Gasteiger partial charge in [0.25, 0.3) is 0 Å². The van der Waals surface area contributed by atoms with Gasteiger partial charge in [0, 0.05) is 18.3 Å². The van der Waals surface area contributed by atoms with E-state index >= 15 is 0 Å². The topological polar surface area (TPSA) is 34.1 Å². The van der Waals surface area contributed by atoms with E-state index in [1.165, 1.54) is 0 Å². The molecule has 0 fully saturated rings. The molecule has 1 aromatic rings. The Morgan fingerprint density at radius 3 is 2.42 bits per heavy atom. The molecule has 0 radical (unpaired) electrons. The van der Waals surface area contributed by atoms with Crippen LogP contribution in [-0.2, 0) is 6.42 Å². The molecule has 0 saturated heterocycles. The van der Waals surface area contributed by atoms with Crippen LogP contribution in [0.1, 0.15) is 46.0 Å². The maximum absolute atomic E-state index is 6.18. The van der Waals surface area contributed by atoms with E-state index in [0.717, 1.165) is 30.1 Å². The lowest BCUT2D eigenvalue weighted by Gasteiger charge is -2.25. The molecule has 19 heavy (non-hydrogen) atoms. The highest BCUT2D eigenvalue weighted by atomic mass is 16.5. The Bertz CT molecular complexity index is 388. The molecule has 0 bridgehead atoms. The van der Waals surface area contributed by atoms with Crippen molar-refractivity contribution in [1.29, 1.82) is 0 Å². The molecule has 0 aliphatic carbocycles. The van der Waals surface area contributed by atoms with Crippen molar-refractivity contribution in [2.24, 2.45) is 5.92 Å². The molecule has 0 amide bonds. The van der Waals surface area contributed by atoms with Crippen molar-refractivity contribution >= 4 is 0 Å². The van der Waals surface area contributed by atoms with Crippen LogP contribution in [0.4, 0.5) is 0 Å². The lowest BCUT2D eigenvalue weighted by molar-refractivity contribution is 0.144. The minimum atomic E-state index is 0.178. The van der Waals surface area contributed by atoms with Crippen molar-refractivity contribution in [3.63, 3.8) is 0 Å². The number of hydrogen-bond acceptors (Lipinski definition) is 3. The fourth-order valence-electron chi connectivity index (χ4n) is 1.89. The first-order valence-electron chi connectivity index (χ1n) is 7.30. The number of hydrogen-bond donors (Lipinski definition) is 1. The van der Waals surface area contributed by atoms with E-state index in [-0.39, 0.29) is 6.10 Å². The van der Waals surface area contributed by atoms with Crippen LogP contribution in [0.2, 0.25) is 0 Å². The van der Waals surface area contributed by atoms with Gasteiger partial charge in [-0.2, -0.15) is 0 Å². The van der Waals surface area contributed by atoms with Gasteiger partial charge in [-0.1, -0.05) is 34.6 Å². The van der Waals surface area contributed by atoms with E-state index in [1.807, 2.05) is 19.1 Å². The summed E-state index contributed by atoms with van der Waals surface area (Å²) < 4.78 is 6.18. The smallest absolute Gasteiger partial charge is 0.141 e. The maximum atomic E-state index is 6.18. The minimum Gasteiger partial charge on any atom is -0.487 e. The van der Waals surface area contributed by atoms with Gasteiger partial charge in [0.1, 0.15) is 11.9 Å². The fraction of sp³-hybridized carbons (Fsp3) is 0.688. The van der Waals surface area contributed by atoms with Crippen LogP contribution in [-0.4, -0.2) is 23.7 Å². The second kappa shape index (κ2) is 7.49. The maximum Gasteiger partial charge on any atom is 0.141 e. The van der Waals surface area contributed by atoms with Crippen molar-refractivity contribution in [3.05, 3.63) is 23.5 Å². The first kappa shape index (κ1) is 16.0. The average Bonchev–Trinajstić information content (AvgIpc) is 2.35. The van der Waals surface area contributed by atoms with Gasteiger partial charge in [-0.3, -0.25) is 4.98 Å². The molecule has 3 heteroatoms. The molecule has 1 rings (SSSR count). The van der Waals surface area contributed by atoms with Crippen molar-refractivity contribution < 1.29 is 4.74 Å². The number of nitrogens with one attached hydrogen (secondary N) is 1. The van der Waals surface area contributed by atoms with Gasteiger partial charge in [-0.05, 0) is 31.4 Å². The summed E-state index contributed by atoms with van der Waals surface area (Å²) in [6, 6.07) is 4.54. The normalized spacial score (nSPS) is 13.1. The molecule has 0 aromatic carbocycles. The average molecular weight is 264 g/mol. The highest BCUT2D eigenvalue weighted by molar-refractivity contribution is 5.29. The lowest BCUT2D eigenvalue weighted by Crippen LogP contribution is -2.38. The zero-order valence-electron chi connectivity index (χ0n) is 13.2. The Kier molecular flexibility index (Phi) is 6.29. The predicted molar refractivity (Wildman–Crippen MR) is 80.7 cm³/mol. The summed E-state index contributed by atoms with van der Waals surface area (Å²) in [5, 5.41) is 3.45. The number of aromatic nitrogens is 1. The number of rotatable bonds is 7. The Balaban J connectivity index is 2.78. The zero-order valence-corrected chi connectivity index (χ0v) is 13.2. The van der Waals surface area contributed by atoms with E-state index < -0.39 is 0 Å². The van der Waals surface area contributed by atoms with E-state index in [2.05, 4.69) is 44.9 Å². The number of ether oxygens (including phenoxy) is 1. The lowest BCUT2D eigenvalue weighted by atomic mass is 10.1. The minimum absolute atomic E-state index is 0.178. The van der Waals surface area contributed by atoms with Crippen molar-refractivity contribution in [2.75, 3.05) is 6.54 Å². The van der Waals surface area contributed by atoms with Crippen LogP contribution in [0.25, 0.3) is 0 Å². The Hall–Kier alpha value is -1.09. The predicted octanol–water partition coefficient (Wildman–Crippen LogP) is 3.35. The Morgan fingerprint density at radius 2 is 1.89 bits per heavy atom. The largest absolute Gasteiger partial charge is 0.487 e. The van der Waals surface area contributed by atoms with Gasteiger partial charge >= 0.3 is 0 Å². The highest BCUT2D eigenvalue weighted by Crippen LogP contribution is 2.21. The molecule has 0 spiro atoms. The van der Waals surface area contributed by atoms with Gasteiger partial charge in [0.15, 0.2) is 0 Å². The second-order valence-electron chi connectivity index (χ2n) is 5.71. The first-order chi connectivity index (χ1) is 8.93. The summed E-state index contributed by atoms with van der Waals surface area (Å²) in [7, 11) is 0. The zero-order chi connectivity index (χ0) is 14.4. The van der Waals surface area contributed by atoms with Crippen LogP contribution in [0, 0.1) is 12.8 Å². The third-order valence-electron chi connectivity index (χ3n) is 3.16. The quantitative estimate of drug-likeness (QED) is 0.820. The van der Waals surface area contributed by atoms with Crippen molar-refractivity contribution in [2.45, 2.75) is 60.1 Å². The summed E-state index contributed by atoms with van der Waals surface area (Å²) in [5.74, 6) is 1.40. The molecule has 0 aliphatic rings. The number of aryl methyl sites for hydroxylation is 2. The standard InChI is InChI=1S/C16H28N2O/c1-7-14-15(9-8-13(6)18-14)19-16(11(2)3)10-17-12(4)5/h8-9,11-12,16-17H,7,10H2,1-6H3. The third-order valence-corrected chi connectivity index (χ3v) is 3.16. The number of nitrogens with zero attached hydrogens (tertiary/aromatic N) is 1. The molecule has 1 heterocycles. The van der Waals surface area contributed by atoms with Crippen molar-refractivity contribution in [1.82, 2.24) is 10.3 Å². The first-order valence-corrected chi connectivity index (χ1v) is 7.30. The number of pyridine rings is 1. The molecule has 1 unspecified atom stereocenters. The van der Waals surface area contributed by atoms with Gasteiger partial charge in [0.2, 0.25) is 0 Å². The summed E-state index contributed by atoms with van der Waals surface area (Å²) in [6.07, 6.45) is 1.08. The van der Waals surface area contributed by atoms with E-state index in [4.69, 9.17) is 4.74 Å². The summed E-state index contributed by atoms with van der Waals surface area (Å²) in [5.41, 5.74) is 2.10. The molecule has 1 aromatic heterocycles. The van der Waals surface area contributed by atoms with E-state index in [0.29, 0.717) is 12.0 Å². The van der Waals surface area contributed by atoms with Gasteiger partial charge < -0.3 is 10.1 Å². The molecule has 0 saturated carbocycles. The Morgan fingerprint density at radius 1 is 1.21 bits per heavy atom. The summed E-state index contributed by atoms with van der Waals surface area (Å²) in [4.78, 5) is 4.55. The van der Waals surface area contributed by atoms with Crippen LogP contribution in [0.5, 0.6) is 5.75 Å². The van der Waals surface area contributed by atoms with Gasteiger partial charge in [0.05, 0.1) is 5.69 Å². The summed E-state index contributed by atoms with van der Waals surface area (Å²) in [6.45, 7) is 13.7. The monoisotopic (exact) mass is 264 g/mol. The van der Waals surface area contributed by atoms with E-state index in [9.17, 15) is 0 Å². The van der Waals surface area contributed by atoms with Crippen LogP contribution in [0.15, 0.2) is 12.1 Å². The molecule has 3 nitrogen and oxygen atoms in total. The van der Waals surface area contributed by atoms with Crippen LogP contribution >= 0.6 is 0 Å². The third kappa shape index (κ3) is 5.19. The Labute approximate surface area is 117 Å². The van der Waals surface area contributed by atoms with Gasteiger partial charge in [-0.25, -0.2) is 0 Å². The molecule has 1 atom stereocenters. The molecule has 1 N–H and O–H groups in total. The SMILES string of the molecule is CCc1nc(C)ccc1OC(CNC(C)C)C(C)C. The molecule has 108 valence electrons. The van der Waals surface area contributed by atoms with Crippen LogP contribution in [0.3, 0.4) is 0 Å². The highest BCUT2D eigenvalue weighted by Gasteiger charge is 2.17. The molecule has 0 aliphatic heterocycles. The second-order valence-corrected chi connectivity index (χ2v) is 5.71. The molecular weight excluding hydrogens is 236 g/mol. The fourth-order valence-corrected chi connectivity index (χ4v) is 1.89. The summed E-state index contributed by atoms with van der Waals surface area (Å²) >= 11 is 0. The van der Waals surface area contributed by atoms with E-state index in [1.54, 1.807) is 0 Å². The van der Waals surface area contributed by atoms with Crippen LogP contribution < -0.4 is 10.1 Å². The molecular formula is C16H28N2O.